The maximum atomic E-state index is 16.5. The number of aliphatic hydroxyl groups is 1. The van der Waals surface area contributed by atoms with Gasteiger partial charge >= 0.3 is 6.18 Å². The molecular formula is C27H23F5N2O. The highest BCUT2D eigenvalue weighted by molar-refractivity contribution is 5.75. The molecule has 8 heteroatoms. The van der Waals surface area contributed by atoms with Gasteiger partial charge in [-0.3, -0.25) is 9.97 Å². The molecule has 3 atom stereocenters. The topological polar surface area (TPSA) is 46.0 Å². The Balaban J connectivity index is 1.68. The van der Waals surface area contributed by atoms with E-state index in [9.17, 15) is 22.7 Å². The second-order valence-electron chi connectivity index (χ2n) is 10.3. The standard InChI is InChI=1S/C27H23F5N2O/c1-13-8-16-9-17(18(12-33-16)27(30,31)32)24(29)23-21(14-2-4-15(28)5-3-14)22-19(34-25(13)23)10-26(6-7-26)11-20(22)35/h2-5,9,12-13,20,24,35H,6-8,10-11H2,1H3. The van der Waals surface area contributed by atoms with Crippen LogP contribution in [0, 0.1) is 11.2 Å². The molecule has 2 bridgehead atoms. The first-order chi connectivity index (χ1) is 16.6. The van der Waals surface area contributed by atoms with E-state index in [-0.39, 0.29) is 16.9 Å². The van der Waals surface area contributed by atoms with Crippen LogP contribution in [0.1, 0.15) is 83.7 Å². The first-order valence-electron chi connectivity index (χ1n) is 11.8. The second-order valence-corrected chi connectivity index (χ2v) is 10.3. The Morgan fingerprint density at radius 3 is 2.46 bits per heavy atom. The molecule has 3 unspecified atom stereocenters. The molecule has 182 valence electrons. The first-order valence-corrected chi connectivity index (χ1v) is 11.8. The number of halogens is 5. The van der Waals surface area contributed by atoms with Gasteiger partial charge in [-0.05, 0) is 66.8 Å². The van der Waals surface area contributed by atoms with Crippen molar-refractivity contribution < 1.29 is 27.1 Å². The number of aromatic nitrogens is 2. The van der Waals surface area contributed by atoms with Gasteiger partial charge in [0.05, 0.1) is 17.4 Å². The van der Waals surface area contributed by atoms with Crippen molar-refractivity contribution in [3.63, 3.8) is 0 Å². The number of benzene rings is 1. The fraction of sp³-hybridized carbons (Fsp3) is 0.407. The highest BCUT2D eigenvalue weighted by atomic mass is 19.4. The Bertz CT molecular complexity index is 1330. The molecule has 1 spiro atoms. The summed E-state index contributed by atoms with van der Waals surface area (Å²) in [6, 6.07) is 6.63. The van der Waals surface area contributed by atoms with Gasteiger partial charge in [0, 0.05) is 40.2 Å². The molecule has 3 aliphatic carbocycles. The third-order valence-electron chi connectivity index (χ3n) is 7.78. The molecule has 3 aromatic rings. The van der Waals surface area contributed by atoms with Crippen molar-refractivity contribution in [3.8, 4) is 11.1 Å². The van der Waals surface area contributed by atoms with Crippen LogP contribution in [0.3, 0.4) is 0 Å². The molecular weight excluding hydrogens is 463 g/mol. The minimum absolute atomic E-state index is 0.0241. The Hall–Kier alpha value is -2.87. The number of alkyl halides is 4. The van der Waals surface area contributed by atoms with Gasteiger partial charge in [0.1, 0.15) is 5.82 Å². The molecule has 0 aliphatic heterocycles. The Morgan fingerprint density at radius 2 is 1.80 bits per heavy atom. The van der Waals surface area contributed by atoms with Gasteiger partial charge in [-0.15, -0.1) is 0 Å². The maximum absolute atomic E-state index is 16.5. The Kier molecular flexibility index (Phi) is 4.88. The lowest BCUT2D eigenvalue weighted by Gasteiger charge is -2.34. The van der Waals surface area contributed by atoms with Crippen molar-refractivity contribution in [2.24, 2.45) is 5.41 Å². The van der Waals surface area contributed by atoms with Crippen molar-refractivity contribution in [1.29, 1.82) is 0 Å². The van der Waals surface area contributed by atoms with E-state index in [1.165, 1.54) is 30.3 Å². The molecule has 1 saturated carbocycles. The van der Waals surface area contributed by atoms with Crippen LogP contribution in [0.15, 0.2) is 36.5 Å². The number of hydrogen-bond donors (Lipinski definition) is 1. The van der Waals surface area contributed by atoms with Crippen LogP contribution in [-0.2, 0) is 19.0 Å². The number of aliphatic hydroxyl groups excluding tert-OH is 1. The zero-order chi connectivity index (χ0) is 24.7. The number of nitrogens with zero attached hydrogens (tertiary/aromatic N) is 2. The van der Waals surface area contributed by atoms with Crippen molar-refractivity contribution in [2.75, 3.05) is 0 Å². The number of hydrogen-bond acceptors (Lipinski definition) is 3. The molecule has 0 radical (unpaired) electrons. The summed E-state index contributed by atoms with van der Waals surface area (Å²) in [4.78, 5) is 8.80. The molecule has 6 rings (SSSR count). The molecule has 3 nitrogen and oxygen atoms in total. The van der Waals surface area contributed by atoms with Crippen LogP contribution in [-0.4, -0.2) is 15.1 Å². The van der Waals surface area contributed by atoms with Crippen LogP contribution in [0.2, 0.25) is 0 Å². The molecule has 0 saturated heterocycles. The minimum atomic E-state index is -4.79. The summed E-state index contributed by atoms with van der Waals surface area (Å²) in [6.45, 7) is 1.86. The zero-order valence-corrected chi connectivity index (χ0v) is 19.0. The zero-order valence-electron chi connectivity index (χ0n) is 19.0. The molecule has 1 N–H and O–H groups in total. The lowest BCUT2D eigenvalue weighted by Crippen LogP contribution is -2.26. The predicted octanol–water partition coefficient (Wildman–Crippen LogP) is 6.78. The summed E-state index contributed by atoms with van der Waals surface area (Å²) < 4.78 is 71.8. The largest absolute Gasteiger partial charge is 0.418 e. The molecule has 0 amide bonds. The quantitative estimate of drug-likeness (QED) is 0.386. The lowest BCUT2D eigenvalue weighted by atomic mass is 9.75. The highest BCUT2D eigenvalue weighted by Crippen LogP contribution is 2.59. The fourth-order valence-corrected chi connectivity index (χ4v) is 5.87. The van der Waals surface area contributed by atoms with E-state index in [0.717, 1.165) is 12.8 Å². The number of pyridine rings is 2. The first kappa shape index (κ1) is 22.6. The van der Waals surface area contributed by atoms with Gasteiger partial charge in [0.2, 0.25) is 0 Å². The summed E-state index contributed by atoms with van der Waals surface area (Å²) >= 11 is 0. The minimum Gasteiger partial charge on any atom is -0.388 e. The lowest BCUT2D eigenvalue weighted by molar-refractivity contribution is -0.138. The van der Waals surface area contributed by atoms with Gasteiger partial charge in [0.25, 0.3) is 0 Å². The Labute approximate surface area is 199 Å². The van der Waals surface area contributed by atoms with Crippen molar-refractivity contribution in [2.45, 2.75) is 63.4 Å². The van der Waals surface area contributed by atoms with Gasteiger partial charge in [-0.2, -0.15) is 13.2 Å². The average molecular weight is 486 g/mol. The second kappa shape index (κ2) is 7.56. The normalized spacial score (nSPS) is 24.4. The van der Waals surface area contributed by atoms with E-state index in [0.29, 0.717) is 59.2 Å². The van der Waals surface area contributed by atoms with Crippen LogP contribution < -0.4 is 0 Å². The fourth-order valence-electron chi connectivity index (χ4n) is 5.87. The summed E-state index contributed by atoms with van der Waals surface area (Å²) in [5.74, 6) is -0.806. The van der Waals surface area contributed by atoms with E-state index >= 15 is 4.39 Å². The molecule has 3 aliphatic rings. The summed E-state index contributed by atoms with van der Waals surface area (Å²) in [7, 11) is 0. The van der Waals surface area contributed by atoms with E-state index in [1.807, 2.05) is 6.92 Å². The average Bonchev–Trinajstić information content (AvgIpc) is 3.54. The van der Waals surface area contributed by atoms with Crippen molar-refractivity contribution in [1.82, 2.24) is 9.97 Å². The van der Waals surface area contributed by atoms with E-state index in [4.69, 9.17) is 4.98 Å². The monoisotopic (exact) mass is 486 g/mol. The summed E-state index contributed by atoms with van der Waals surface area (Å²) in [6.07, 6.45) is -3.80. The van der Waals surface area contributed by atoms with Gasteiger partial charge in [-0.25, -0.2) is 8.78 Å². The number of fused-ring (bicyclic) bond motifs is 4. The third kappa shape index (κ3) is 3.64. The van der Waals surface area contributed by atoms with E-state index < -0.39 is 35.4 Å². The molecule has 1 fully saturated rings. The summed E-state index contributed by atoms with van der Waals surface area (Å²) in [5.41, 5.74) is 1.000. The molecule has 2 heterocycles. The molecule has 35 heavy (non-hydrogen) atoms. The van der Waals surface area contributed by atoms with E-state index in [2.05, 4.69) is 4.98 Å². The maximum Gasteiger partial charge on any atom is 0.418 e. The van der Waals surface area contributed by atoms with Gasteiger partial charge in [-0.1, -0.05) is 19.1 Å². The Morgan fingerprint density at radius 1 is 1.09 bits per heavy atom. The van der Waals surface area contributed by atoms with Gasteiger partial charge < -0.3 is 5.11 Å². The third-order valence-corrected chi connectivity index (χ3v) is 7.78. The van der Waals surface area contributed by atoms with Crippen LogP contribution in [0.25, 0.3) is 11.1 Å². The predicted molar refractivity (Wildman–Crippen MR) is 119 cm³/mol. The highest BCUT2D eigenvalue weighted by Gasteiger charge is 2.50. The van der Waals surface area contributed by atoms with Crippen molar-refractivity contribution in [3.05, 3.63) is 81.7 Å². The SMILES string of the molecule is CC1Cc2cc(c(C(F)(F)F)cn2)C(F)c2c1nc1c(c2-c2ccc(F)cc2)C(O)CC2(CC2)C1. The number of rotatable bonds is 1. The van der Waals surface area contributed by atoms with Crippen LogP contribution in [0.4, 0.5) is 22.0 Å². The smallest absolute Gasteiger partial charge is 0.388 e. The molecule has 1 aromatic carbocycles. The van der Waals surface area contributed by atoms with E-state index in [1.54, 1.807) is 0 Å². The molecule has 2 aromatic heterocycles. The van der Waals surface area contributed by atoms with Crippen LogP contribution in [0.5, 0.6) is 0 Å². The van der Waals surface area contributed by atoms with Crippen LogP contribution >= 0.6 is 0 Å². The van der Waals surface area contributed by atoms with Gasteiger partial charge in [0.15, 0.2) is 6.17 Å². The summed E-state index contributed by atoms with van der Waals surface area (Å²) in [5, 5.41) is 11.2. The van der Waals surface area contributed by atoms with Crippen molar-refractivity contribution >= 4 is 0 Å².